The first-order chi connectivity index (χ1) is 7.22. The molecule has 0 amide bonds. The largest absolute Gasteiger partial charge is 0.449 e. The first kappa shape index (κ1) is 9.58. The molecular weight excluding hydrogens is 192 g/mol. The van der Waals surface area contributed by atoms with Gasteiger partial charge in [-0.2, -0.15) is 0 Å². The molecule has 0 radical (unpaired) electrons. The Morgan fingerprint density at radius 1 is 1.47 bits per heavy atom. The molecule has 1 aromatic carbocycles. The molecule has 1 aromatic heterocycles. The van der Waals surface area contributed by atoms with Crippen molar-refractivity contribution in [3.63, 3.8) is 0 Å². The number of carbonyl (C=O) groups is 1. The van der Waals surface area contributed by atoms with E-state index in [-0.39, 0.29) is 6.09 Å². The highest BCUT2D eigenvalue weighted by Gasteiger charge is 2.08. The molecule has 0 saturated heterocycles. The summed E-state index contributed by atoms with van der Waals surface area (Å²) in [5, 5.41) is 0.933. The Kier molecular flexibility index (Phi) is 2.33. The Balaban J connectivity index is 2.49. The summed E-state index contributed by atoms with van der Waals surface area (Å²) in [6.07, 6.45) is 1.32. The van der Waals surface area contributed by atoms with Crippen molar-refractivity contribution in [1.29, 1.82) is 0 Å². The predicted octanol–water partition coefficient (Wildman–Crippen LogP) is 2.23. The number of hydrogen-bond acceptors (Lipinski definition) is 3. The van der Waals surface area contributed by atoms with E-state index in [1.807, 2.05) is 18.2 Å². The third-order valence-corrected chi connectivity index (χ3v) is 2.18. The molecule has 15 heavy (non-hydrogen) atoms. The van der Waals surface area contributed by atoms with Gasteiger partial charge in [0.1, 0.15) is 0 Å². The minimum atomic E-state index is -0.364. The monoisotopic (exact) mass is 204 g/mol. The standard InChI is InChI=1S/C11H12N2O2/c1-2-15-11(14)13-6-5-8-7-9(12)3-4-10(8)13/h3-7H,2,12H2,1H3. The van der Waals surface area contributed by atoms with E-state index in [4.69, 9.17) is 10.5 Å². The smallest absolute Gasteiger partial charge is 0.418 e. The van der Waals surface area contributed by atoms with Crippen LogP contribution in [-0.4, -0.2) is 17.3 Å². The van der Waals surface area contributed by atoms with E-state index in [2.05, 4.69) is 0 Å². The molecule has 0 atom stereocenters. The van der Waals surface area contributed by atoms with E-state index in [1.54, 1.807) is 19.2 Å². The van der Waals surface area contributed by atoms with Gasteiger partial charge < -0.3 is 10.5 Å². The van der Waals surface area contributed by atoms with Crippen LogP contribution in [0.25, 0.3) is 10.9 Å². The molecule has 4 nitrogen and oxygen atoms in total. The van der Waals surface area contributed by atoms with Gasteiger partial charge in [-0.05, 0) is 31.2 Å². The number of benzene rings is 1. The molecule has 0 fully saturated rings. The fraction of sp³-hybridized carbons (Fsp3) is 0.182. The third-order valence-electron chi connectivity index (χ3n) is 2.18. The molecule has 0 aliphatic rings. The summed E-state index contributed by atoms with van der Waals surface area (Å²) in [7, 11) is 0. The normalized spacial score (nSPS) is 10.5. The van der Waals surface area contributed by atoms with Crippen LogP contribution in [0, 0.1) is 0 Å². The molecule has 2 aromatic rings. The van der Waals surface area contributed by atoms with E-state index >= 15 is 0 Å². The average Bonchev–Trinajstić information content (AvgIpc) is 2.60. The van der Waals surface area contributed by atoms with Crippen molar-refractivity contribution in [2.75, 3.05) is 12.3 Å². The van der Waals surface area contributed by atoms with Gasteiger partial charge in [0.05, 0.1) is 12.1 Å². The lowest BCUT2D eigenvalue weighted by atomic mass is 10.2. The van der Waals surface area contributed by atoms with Crippen LogP contribution in [0.3, 0.4) is 0 Å². The molecular formula is C11H12N2O2. The lowest BCUT2D eigenvalue weighted by Crippen LogP contribution is -2.11. The van der Waals surface area contributed by atoms with Gasteiger partial charge >= 0.3 is 6.09 Å². The Bertz CT molecular complexity index is 502. The Labute approximate surface area is 87.2 Å². The molecule has 0 aliphatic heterocycles. The maximum absolute atomic E-state index is 11.5. The highest BCUT2D eigenvalue weighted by Crippen LogP contribution is 2.18. The highest BCUT2D eigenvalue weighted by molar-refractivity contribution is 5.91. The van der Waals surface area contributed by atoms with Crippen LogP contribution in [0.5, 0.6) is 0 Å². The second kappa shape index (κ2) is 3.65. The number of ether oxygens (including phenoxy) is 1. The zero-order valence-electron chi connectivity index (χ0n) is 8.43. The van der Waals surface area contributed by atoms with Gasteiger partial charge in [0.2, 0.25) is 0 Å². The van der Waals surface area contributed by atoms with Crippen LogP contribution in [0.2, 0.25) is 0 Å². The molecule has 2 N–H and O–H groups in total. The first-order valence-electron chi connectivity index (χ1n) is 4.76. The van der Waals surface area contributed by atoms with Crippen LogP contribution in [-0.2, 0) is 4.74 Å². The SMILES string of the molecule is CCOC(=O)n1ccc2cc(N)ccc21. The van der Waals surface area contributed by atoms with Gasteiger partial charge in [-0.25, -0.2) is 4.79 Å². The number of nitrogens with two attached hydrogens (primary N) is 1. The van der Waals surface area contributed by atoms with E-state index < -0.39 is 0 Å². The maximum Gasteiger partial charge on any atom is 0.418 e. The molecule has 2 rings (SSSR count). The number of aromatic nitrogens is 1. The summed E-state index contributed by atoms with van der Waals surface area (Å²) in [6.45, 7) is 2.15. The first-order valence-corrected chi connectivity index (χ1v) is 4.76. The fourth-order valence-corrected chi connectivity index (χ4v) is 1.51. The Morgan fingerprint density at radius 3 is 3.00 bits per heavy atom. The quantitative estimate of drug-likeness (QED) is 0.724. The summed E-state index contributed by atoms with van der Waals surface area (Å²) < 4.78 is 6.39. The van der Waals surface area contributed by atoms with E-state index in [0.717, 1.165) is 10.9 Å². The summed E-state index contributed by atoms with van der Waals surface area (Å²) in [6, 6.07) is 7.23. The van der Waals surface area contributed by atoms with Gasteiger partial charge in [0.15, 0.2) is 0 Å². The van der Waals surface area contributed by atoms with E-state index in [0.29, 0.717) is 12.3 Å². The van der Waals surface area contributed by atoms with Crippen molar-refractivity contribution in [1.82, 2.24) is 4.57 Å². The number of nitrogens with zero attached hydrogens (tertiary/aromatic N) is 1. The average molecular weight is 204 g/mol. The molecule has 0 bridgehead atoms. The lowest BCUT2D eigenvalue weighted by molar-refractivity contribution is 0.155. The minimum absolute atomic E-state index is 0.364. The van der Waals surface area contributed by atoms with Crippen LogP contribution in [0.15, 0.2) is 30.5 Å². The minimum Gasteiger partial charge on any atom is -0.449 e. The van der Waals surface area contributed by atoms with Crippen molar-refractivity contribution < 1.29 is 9.53 Å². The Hall–Kier alpha value is -1.97. The molecule has 0 spiro atoms. The zero-order chi connectivity index (χ0) is 10.8. The summed E-state index contributed by atoms with van der Waals surface area (Å²) in [5.41, 5.74) is 7.13. The van der Waals surface area contributed by atoms with Crippen LogP contribution in [0.4, 0.5) is 10.5 Å². The molecule has 0 unspecified atom stereocenters. The van der Waals surface area contributed by atoms with Gasteiger partial charge in [0.25, 0.3) is 0 Å². The molecule has 0 saturated carbocycles. The number of hydrogen-bond donors (Lipinski definition) is 1. The van der Waals surface area contributed by atoms with E-state index in [9.17, 15) is 4.79 Å². The van der Waals surface area contributed by atoms with Crippen molar-refractivity contribution in [2.45, 2.75) is 6.92 Å². The fourth-order valence-electron chi connectivity index (χ4n) is 1.51. The number of rotatable bonds is 1. The zero-order valence-corrected chi connectivity index (χ0v) is 8.43. The number of nitrogen functional groups attached to an aromatic ring is 1. The van der Waals surface area contributed by atoms with Gasteiger partial charge in [-0.3, -0.25) is 4.57 Å². The Morgan fingerprint density at radius 2 is 2.27 bits per heavy atom. The van der Waals surface area contributed by atoms with Gasteiger partial charge in [-0.15, -0.1) is 0 Å². The topological polar surface area (TPSA) is 57.2 Å². The maximum atomic E-state index is 11.5. The lowest BCUT2D eigenvalue weighted by Gasteiger charge is -2.03. The number of fused-ring (bicyclic) bond motifs is 1. The second-order valence-corrected chi connectivity index (χ2v) is 3.20. The van der Waals surface area contributed by atoms with Gasteiger partial charge in [0, 0.05) is 17.3 Å². The van der Waals surface area contributed by atoms with Crippen molar-refractivity contribution in [2.24, 2.45) is 0 Å². The second-order valence-electron chi connectivity index (χ2n) is 3.20. The summed E-state index contributed by atoms with van der Waals surface area (Å²) in [5.74, 6) is 0. The van der Waals surface area contributed by atoms with Crippen molar-refractivity contribution >= 4 is 22.7 Å². The third kappa shape index (κ3) is 1.66. The molecule has 1 heterocycles. The predicted molar refractivity (Wildman–Crippen MR) is 58.8 cm³/mol. The van der Waals surface area contributed by atoms with Crippen molar-refractivity contribution in [3.05, 3.63) is 30.5 Å². The number of anilines is 1. The molecule has 4 heteroatoms. The highest BCUT2D eigenvalue weighted by atomic mass is 16.5. The molecule has 78 valence electrons. The molecule has 0 aliphatic carbocycles. The van der Waals surface area contributed by atoms with Crippen LogP contribution < -0.4 is 5.73 Å². The van der Waals surface area contributed by atoms with Crippen LogP contribution in [0.1, 0.15) is 6.92 Å². The summed E-state index contributed by atoms with van der Waals surface area (Å²) >= 11 is 0. The van der Waals surface area contributed by atoms with E-state index in [1.165, 1.54) is 4.57 Å². The van der Waals surface area contributed by atoms with Gasteiger partial charge in [-0.1, -0.05) is 0 Å². The van der Waals surface area contributed by atoms with Crippen molar-refractivity contribution in [3.8, 4) is 0 Å². The number of carbonyl (C=O) groups excluding carboxylic acids is 1. The summed E-state index contributed by atoms with van der Waals surface area (Å²) in [4.78, 5) is 11.5. The van der Waals surface area contributed by atoms with Crippen LogP contribution >= 0.6 is 0 Å².